The highest BCUT2D eigenvalue weighted by atomic mass is 35.5. The first-order valence-corrected chi connectivity index (χ1v) is 6.15. The second-order valence-electron chi connectivity index (χ2n) is 3.93. The third kappa shape index (κ3) is 3.06. The Bertz CT molecular complexity index is 569. The van der Waals surface area contributed by atoms with Gasteiger partial charge in [-0.05, 0) is 25.1 Å². The van der Waals surface area contributed by atoms with Crippen molar-refractivity contribution in [3.8, 4) is 0 Å². The van der Waals surface area contributed by atoms with Gasteiger partial charge in [-0.1, -0.05) is 11.6 Å². The Morgan fingerprint density at radius 2 is 2.37 bits per heavy atom. The summed E-state index contributed by atoms with van der Waals surface area (Å²) in [5.41, 5.74) is 0.0720. The van der Waals surface area contributed by atoms with Crippen LogP contribution in [-0.4, -0.2) is 22.6 Å². The van der Waals surface area contributed by atoms with Crippen molar-refractivity contribution in [3.05, 3.63) is 47.0 Å². The number of aromatic carboxylic acids is 1. The number of halogens is 1. The Kier molecular flexibility index (Phi) is 4.06. The summed E-state index contributed by atoms with van der Waals surface area (Å²) in [4.78, 5) is 16.9. The lowest BCUT2D eigenvalue weighted by atomic mass is 10.2. The summed E-state index contributed by atoms with van der Waals surface area (Å²) >= 11 is 6.09. The molecule has 100 valence electrons. The average Bonchev–Trinajstić information content (AvgIpc) is 2.89. The lowest BCUT2D eigenvalue weighted by molar-refractivity contribution is 0.0696. The number of furan rings is 1. The maximum atomic E-state index is 10.8. The van der Waals surface area contributed by atoms with Crippen molar-refractivity contribution < 1.29 is 14.3 Å². The minimum Gasteiger partial charge on any atom is -0.478 e. The molecular formula is C13H13ClN2O3. The Balaban J connectivity index is 2.25. The van der Waals surface area contributed by atoms with Gasteiger partial charge in [0.1, 0.15) is 11.6 Å². The SMILES string of the molecule is CCN(Cc1ccco1)c1ncc(C(=O)O)cc1Cl. The van der Waals surface area contributed by atoms with Gasteiger partial charge in [0.25, 0.3) is 0 Å². The molecule has 0 unspecified atom stereocenters. The minimum atomic E-state index is -1.05. The summed E-state index contributed by atoms with van der Waals surface area (Å²) in [6, 6.07) is 5.07. The summed E-state index contributed by atoms with van der Waals surface area (Å²) in [7, 11) is 0. The number of anilines is 1. The van der Waals surface area contributed by atoms with Crippen LogP contribution >= 0.6 is 11.6 Å². The fourth-order valence-electron chi connectivity index (χ4n) is 1.71. The molecule has 2 heterocycles. The first kappa shape index (κ1) is 13.4. The van der Waals surface area contributed by atoms with Gasteiger partial charge in [0, 0.05) is 12.7 Å². The molecule has 0 saturated heterocycles. The van der Waals surface area contributed by atoms with E-state index in [1.54, 1.807) is 6.26 Å². The largest absolute Gasteiger partial charge is 0.478 e. The monoisotopic (exact) mass is 280 g/mol. The molecule has 0 aromatic carbocycles. The maximum Gasteiger partial charge on any atom is 0.337 e. The van der Waals surface area contributed by atoms with E-state index in [9.17, 15) is 4.79 Å². The van der Waals surface area contributed by atoms with Crippen LogP contribution in [0.1, 0.15) is 23.0 Å². The Labute approximate surface area is 115 Å². The van der Waals surface area contributed by atoms with Crippen LogP contribution in [0, 0.1) is 0 Å². The predicted octanol–water partition coefficient (Wildman–Crippen LogP) is 3.05. The first-order chi connectivity index (χ1) is 9.11. The van der Waals surface area contributed by atoms with E-state index in [1.807, 2.05) is 24.0 Å². The third-order valence-corrected chi connectivity index (χ3v) is 2.95. The summed E-state index contributed by atoms with van der Waals surface area (Å²) in [6.07, 6.45) is 2.90. The molecule has 2 rings (SSSR count). The Morgan fingerprint density at radius 1 is 1.58 bits per heavy atom. The molecule has 0 spiro atoms. The molecule has 0 atom stereocenters. The molecule has 19 heavy (non-hydrogen) atoms. The molecule has 6 heteroatoms. The van der Waals surface area contributed by atoms with Gasteiger partial charge in [-0.3, -0.25) is 0 Å². The van der Waals surface area contributed by atoms with Gasteiger partial charge in [0.15, 0.2) is 0 Å². The second kappa shape index (κ2) is 5.75. The van der Waals surface area contributed by atoms with Crippen molar-refractivity contribution in [1.82, 2.24) is 4.98 Å². The van der Waals surface area contributed by atoms with Gasteiger partial charge in [-0.15, -0.1) is 0 Å². The predicted molar refractivity (Wildman–Crippen MR) is 71.6 cm³/mol. The van der Waals surface area contributed by atoms with Crippen LogP contribution in [0.2, 0.25) is 5.02 Å². The van der Waals surface area contributed by atoms with Crippen LogP contribution in [-0.2, 0) is 6.54 Å². The zero-order chi connectivity index (χ0) is 13.8. The number of aromatic nitrogens is 1. The van der Waals surface area contributed by atoms with E-state index in [4.69, 9.17) is 21.1 Å². The number of rotatable bonds is 5. The van der Waals surface area contributed by atoms with Crippen molar-refractivity contribution in [2.45, 2.75) is 13.5 Å². The van der Waals surface area contributed by atoms with Crippen LogP contribution in [0.5, 0.6) is 0 Å². The highest BCUT2D eigenvalue weighted by Crippen LogP contribution is 2.25. The molecule has 2 aromatic rings. The summed E-state index contributed by atoms with van der Waals surface area (Å²) in [5, 5.41) is 9.19. The third-order valence-electron chi connectivity index (χ3n) is 2.68. The van der Waals surface area contributed by atoms with Gasteiger partial charge in [-0.25, -0.2) is 9.78 Å². The van der Waals surface area contributed by atoms with E-state index in [1.165, 1.54) is 12.3 Å². The van der Waals surface area contributed by atoms with Crippen LogP contribution in [0.15, 0.2) is 35.1 Å². The molecular weight excluding hydrogens is 268 g/mol. The summed E-state index contributed by atoms with van der Waals surface area (Å²) in [6.45, 7) is 3.18. The lowest BCUT2D eigenvalue weighted by Crippen LogP contribution is -2.23. The van der Waals surface area contributed by atoms with Crippen LogP contribution in [0.25, 0.3) is 0 Å². The van der Waals surface area contributed by atoms with E-state index >= 15 is 0 Å². The smallest absolute Gasteiger partial charge is 0.337 e. The second-order valence-corrected chi connectivity index (χ2v) is 4.34. The van der Waals surface area contributed by atoms with Gasteiger partial charge in [0.05, 0.1) is 23.4 Å². The fraction of sp³-hybridized carbons (Fsp3) is 0.231. The number of pyridine rings is 1. The lowest BCUT2D eigenvalue weighted by Gasteiger charge is -2.21. The average molecular weight is 281 g/mol. The van der Waals surface area contributed by atoms with Crippen LogP contribution in [0.4, 0.5) is 5.82 Å². The van der Waals surface area contributed by atoms with Crippen LogP contribution in [0.3, 0.4) is 0 Å². The van der Waals surface area contributed by atoms with E-state index in [0.717, 1.165) is 5.76 Å². The van der Waals surface area contributed by atoms with Crippen molar-refractivity contribution in [3.63, 3.8) is 0 Å². The molecule has 0 saturated carbocycles. The highest BCUT2D eigenvalue weighted by Gasteiger charge is 2.14. The molecule has 1 N–H and O–H groups in total. The standard InChI is InChI=1S/C13H13ClN2O3/c1-2-16(8-10-4-3-5-19-10)12-11(14)6-9(7-15-12)13(17)18/h3-7H,2,8H2,1H3,(H,17,18). The normalized spacial score (nSPS) is 10.4. The molecule has 2 aromatic heterocycles. The number of hydrogen-bond donors (Lipinski definition) is 1. The number of carbonyl (C=O) groups is 1. The van der Waals surface area contributed by atoms with Gasteiger partial charge in [-0.2, -0.15) is 0 Å². The van der Waals surface area contributed by atoms with E-state index in [2.05, 4.69) is 4.98 Å². The number of carboxylic acids is 1. The zero-order valence-corrected chi connectivity index (χ0v) is 11.1. The topological polar surface area (TPSA) is 66.6 Å². The van der Waals surface area contributed by atoms with Crippen LogP contribution < -0.4 is 4.90 Å². The quantitative estimate of drug-likeness (QED) is 0.912. The van der Waals surface area contributed by atoms with Crippen molar-refractivity contribution in [2.75, 3.05) is 11.4 Å². The van der Waals surface area contributed by atoms with E-state index < -0.39 is 5.97 Å². The molecule has 0 amide bonds. The number of hydrogen-bond acceptors (Lipinski definition) is 4. The molecule has 0 radical (unpaired) electrons. The highest BCUT2D eigenvalue weighted by molar-refractivity contribution is 6.33. The molecule has 0 bridgehead atoms. The first-order valence-electron chi connectivity index (χ1n) is 5.78. The van der Waals surface area contributed by atoms with Crippen molar-refractivity contribution in [2.24, 2.45) is 0 Å². The molecule has 0 aliphatic heterocycles. The summed E-state index contributed by atoms with van der Waals surface area (Å²) in [5.74, 6) is 0.294. The van der Waals surface area contributed by atoms with Gasteiger partial charge >= 0.3 is 5.97 Å². The molecule has 0 aliphatic rings. The maximum absolute atomic E-state index is 10.8. The number of carboxylic acid groups (broad SMARTS) is 1. The Morgan fingerprint density at radius 3 is 2.89 bits per heavy atom. The van der Waals surface area contributed by atoms with Crippen molar-refractivity contribution in [1.29, 1.82) is 0 Å². The minimum absolute atomic E-state index is 0.0720. The number of nitrogens with zero attached hydrogens (tertiary/aromatic N) is 2. The van der Waals surface area contributed by atoms with Crippen molar-refractivity contribution >= 4 is 23.4 Å². The van der Waals surface area contributed by atoms with Gasteiger partial charge in [0.2, 0.25) is 0 Å². The molecule has 5 nitrogen and oxygen atoms in total. The van der Waals surface area contributed by atoms with Gasteiger partial charge < -0.3 is 14.4 Å². The fourth-order valence-corrected chi connectivity index (χ4v) is 1.99. The van der Waals surface area contributed by atoms with E-state index in [0.29, 0.717) is 23.9 Å². The molecule has 0 fully saturated rings. The zero-order valence-electron chi connectivity index (χ0n) is 10.3. The van der Waals surface area contributed by atoms with E-state index in [-0.39, 0.29) is 5.56 Å². The molecule has 0 aliphatic carbocycles. The summed E-state index contributed by atoms with van der Waals surface area (Å²) < 4.78 is 5.28. The Hall–Kier alpha value is -2.01.